The van der Waals surface area contributed by atoms with E-state index in [1.165, 1.54) is 6.42 Å². The van der Waals surface area contributed by atoms with Gasteiger partial charge in [-0.25, -0.2) is 4.79 Å². The van der Waals surface area contributed by atoms with Crippen molar-refractivity contribution in [2.45, 2.75) is 32.1 Å². The van der Waals surface area contributed by atoms with E-state index in [1.54, 1.807) is 12.1 Å². The van der Waals surface area contributed by atoms with Gasteiger partial charge in [0.25, 0.3) is 0 Å². The Balaban J connectivity index is 1.49. The Morgan fingerprint density at radius 2 is 1.92 bits per heavy atom. The Morgan fingerprint density at radius 1 is 1.12 bits per heavy atom. The van der Waals surface area contributed by atoms with Gasteiger partial charge in [0.2, 0.25) is 5.91 Å². The number of benzene rings is 1. The number of carboxylic acids is 1. The number of rotatable bonds is 5. The van der Waals surface area contributed by atoms with Crippen molar-refractivity contribution in [3.05, 3.63) is 35.4 Å². The lowest BCUT2D eigenvalue weighted by molar-refractivity contribution is -0.133. The van der Waals surface area contributed by atoms with E-state index in [4.69, 9.17) is 5.11 Å². The number of hydrogen-bond acceptors (Lipinski definition) is 3. The Labute approximate surface area is 143 Å². The summed E-state index contributed by atoms with van der Waals surface area (Å²) >= 11 is 0. The van der Waals surface area contributed by atoms with E-state index in [0.717, 1.165) is 57.4 Å². The monoisotopic (exact) mass is 330 g/mol. The lowest BCUT2D eigenvalue weighted by Gasteiger charge is -2.28. The summed E-state index contributed by atoms with van der Waals surface area (Å²) in [5.74, 6) is -0.108. The molecule has 5 nitrogen and oxygen atoms in total. The molecule has 0 aliphatic carbocycles. The van der Waals surface area contributed by atoms with E-state index in [1.807, 2.05) is 17.0 Å². The fraction of sp³-hybridized carbons (Fsp3) is 0.579. The molecule has 2 saturated heterocycles. The molecule has 1 unspecified atom stereocenters. The minimum absolute atomic E-state index is 0.267. The summed E-state index contributed by atoms with van der Waals surface area (Å²) in [4.78, 5) is 27.7. The summed E-state index contributed by atoms with van der Waals surface area (Å²) in [5, 5.41) is 9.08. The third-order valence-electron chi connectivity index (χ3n) is 5.14. The predicted molar refractivity (Wildman–Crippen MR) is 92.1 cm³/mol. The first-order valence-corrected chi connectivity index (χ1v) is 8.94. The summed E-state index contributed by atoms with van der Waals surface area (Å²) < 4.78 is 0. The topological polar surface area (TPSA) is 60.9 Å². The van der Waals surface area contributed by atoms with Gasteiger partial charge in [-0.05, 0) is 62.3 Å². The molecule has 5 heteroatoms. The first-order valence-electron chi connectivity index (χ1n) is 8.94. The highest BCUT2D eigenvalue weighted by atomic mass is 16.4. The molecule has 3 rings (SSSR count). The average Bonchev–Trinajstić information content (AvgIpc) is 3.02. The van der Waals surface area contributed by atoms with Crippen molar-refractivity contribution in [2.24, 2.45) is 5.92 Å². The number of amides is 1. The first kappa shape index (κ1) is 17.0. The second kappa shape index (κ2) is 7.79. The molecule has 0 bridgehead atoms. The van der Waals surface area contributed by atoms with Crippen LogP contribution < -0.4 is 0 Å². The molecule has 24 heavy (non-hydrogen) atoms. The number of carboxylic acid groups (broad SMARTS) is 1. The van der Waals surface area contributed by atoms with Crippen LogP contribution in [0.4, 0.5) is 0 Å². The number of carbonyl (C=O) groups excluding carboxylic acids is 1. The van der Waals surface area contributed by atoms with E-state index in [9.17, 15) is 9.59 Å². The molecule has 0 spiro atoms. The molecule has 2 aliphatic rings. The SMILES string of the molecule is O=C(O)c1cccc(CC2CCN(CC(=O)N3CCCCC3)C2)c1. The lowest BCUT2D eigenvalue weighted by Crippen LogP contribution is -2.42. The zero-order valence-electron chi connectivity index (χ0n) is 14.1. The fourth-order valence-electron chi connectivity index (χ4n) is 3.82. The number of hydrogen-bond donors (Lipinski definition) is 1. The highest BCUT2D eigenvalue weighted by molar-refractivity contribution is 5.87. The minimum Gasteiger partial charge on any atom is -0.478 e. The molecule has 1 atom stereocenters. The standard InChI is InChI=1S/C19H26N2O3/c22-18(21-8-2-1-3-9-21)14-20-10-7-16(13-20)11-15-5-4-6-17(12-15)19(23)24/h4-6,12,16H,1-3,7-11,13-14H2,(H,23,24). The fourth-order valence-corrected chi connectivity index (χ4v) is 3.82. The van der Waals surface area contributed by atoms with Crippen LogP contribution in [0.25, 0.3) is 0 Å². The molecule has 130 valence electrons. The summed E-state index contributed by atoms with van der Waals surface area (Å²) in [6, 6.07) is 7.20. The maximum atomic E-state index is 12.4. The molecule has 1 amide bonds. The van der Waals surface area contributed by atoms with Crippen LogP contribution in [-0.2, 0) is 11.2 Å². The summed E-state index contributed by atoms with van der Waals surface area (Å²) in [7, 11) is 0. The molecule has 0 aromatic heterocycles. The van der Waals surface area contributed by atoms with Crippen LogP contribution >= 0.6 is 0 Å². The molecule has 1 aromatic rings. The maximum Gasteiger partial charge on any atom is 0.335 e. The highest BCUT2D eigenvalue weighted by Gasteiger charge is 2.26. The second-order valence-corrected chi connectivity index (χ2v) is 7.04. The second-order valence-electron chi connectivity index (χ2n) is 7.04. The quantitative estimate of drug-likeness (QED) is 0.900. The third-order valence-corrected chi connectivity index (χ3v) is 5.14. The van der Waals surface area contributed by atoms with Crippen molar-refractivity contribution in [1.82, 2.24) is 9.80 Å². The molecule has 1 N–H and O–H groups in total. The average molecular weight is 330 g/mol. The molecule has 0 radical (unpaired) electrons. The van der Waals surface area contributed by atoms with Gasteiger partial charge in [0.05, 0.1) is 12.1 Å². The van der Waals surface area contributed by atoms with Crippen LogP contribution in [0.1, 0.15) is 41.6 Å². The van der Waals surface area contributed by atoms with Gasteiger partial charge in [-0.3, -0.25) is 9.69 Å². The van der Waals surface area contributed by atoms with Crippen LogP contribution in [0.3, 0.4) is 0 Å². The van der Waals surface area contributed by atoms with Gasteiger partial charge >= 0.3 is 5.97 Å². The zero-order valence-corrected chi connectivity index (χ0v) is 14.1. The minimum atomic E-state index is -0.878. The number of nitrogens with zero attached hydrogens (tertiary/aromatic N) is 2. The van der Waals surface area contributed by atoms with Gasteiger partial charge in [-0.1, -0.05) is 12.1 Å². The predicted octanol–water partition coefficient (Wildman–Crippen LogP) is 2.26. The first-order chi connectivity index (χ1) is 11.6. The van der Waals surface area contributed by atoms with Crippen LogP contribution in [0, 0.1) is 5.92 Å². The number of piperidine rings is 1. The van der Waals surface area contributed by atoms with E-state index >= 15 is 0 Å². The van der Waals surface area contributed by atoms with Crippen LogP contribution in [0.5, 0.6) is 0 Å². The van der Waals surface area contributed by atoms with Crippen molar-refractivity contribution in [3.63, 3.8) is 0 Å². The number of carbonyl (C=O) groups is 2. The van der Waals surface area contributed by atoms with E-state index in [0.29, 0.717) is 18.0 Å². The largest absolute Gasteiger partial charge is 0.478 e. The van der Waals surface area contributed by atoms with Crippen molar-refractivity contribution in [1.29, 1.82) is 0 Å². The van der Waals surface area contributed by atoms with Crippen molar-refractivity contribution in [3.8, 4) is 0 Å². The Bertz CT molecular complexity index is 596. The van der Waals surface area contributed by atoms with Gasteiger partial charge in [0.15, 0.2) is 0 Å². The van der Waals surface area contributed by atoms with Gasteiger partial charge in [0.1, 0.15) is 0 Å². The van der Waals surface area contributed by atoms with Crippen LogP contribution in [-0.4, -0.2) is 59.5 Å². The maximum absolute atomic E-state index is 12.4. The van der Waals surface area contributed by atoms with E-state index in [2.05, 4.69) is 4.90 Å². The highest BCUT2D eigenvalue weighted by Crippen LogP contribution is 2.22. The van der Waals surface area contributed by atoms with Crippen molar-refractivity contribution >= 4 is 11.9 Å². The van der Waals surface area contributed by atoms with Gasteiger partial charge < -0.3 is 10.0 Å². The molecular weight excluding hydrogens is 304 g/mol. The van der Waals surface area contributed by atoms with E-state index < -0.39 is 5.97 Å². The molecule has 1 aromatic carbocycles. The molecule has 2 heterocycles. The smallest absolute Gasteiger partial charge is 0.335 e. The summed E-state index contributed by atoms with van der Waals surface area (Å²) in [6.45, 7) is 4.25. The number of likely N-dealkylation sites (tertiary alicyclic amines) is 2. The van der Waals surface area contributed by atoms with Crippen LogP contribution in [0.15, 0.2) is 24.3 Å². The molecular formula is C19H26N2O3. The van der Waals surface area contributed by atoms with Crippen molar-refractivity contribution in [2.75, 3.05) is 32.7 Å². The van der Waals surface area contributed by atoms with E-state index in [-0.39, 0.29) is 5.91 Å². The van der Waals surface area contributed by atoms with Gasteiger partial charge in [-0.2, -0.15) is 0 Å². The van der Waals surface area contributed by atoms with Gasteiger partial charge in [-0.15, -0.1) is 0 Å². The zero-order chi connectivity index (χ0) is 16.9. The lowest BCUT2D eigenvalue weighted by atomic mass is 9.97. The molecule has 0 saturated carbocycles. The Hall–Kier alpha value is -1.88. The van der Waals surface area contributed by atoms with Crippen LogP contribution in [0.2, 0.25) is 0 Å². The van der Waals surface area contributed by atoms with Crippen molar-refractivity contribution < 1.29 is 14.7 Å². The summed E-state index contributed by atoms with van der Waals surface area (Å²) in [6.07, 6.45) is 5.47. The third kappa shape index (κ3) is 4.35. The molecule has 2 fully saturated rings. The summed E-state index contributed by atoms with van der Waals surface area (Å²) in [5.41, 5.74) is 1.42. The molecule has 2 aliphatic heterocycles. The normalized spacial score (nSPS) is 21.8. The number of aromatic carboxylic acids is 1. The Kier molecular flexibility index (Phi) is 5.51. The Morgan fingerprint density at radius 3 is 2.67 bits per heavy atom. The van der Waals surface area contributed by atoms with Gasteiger partial charge in [0, 0.05) is 19.6 Å².